The third-order valence-corrected chi connectivity index (χ3v) is 11.5. The Morgan fingerprint density at radius 2 is 0.485 bits per heavy atom. The maximum absolute atomic E-state index is 9.51. The van der Waals surface area contributed by atoms with Crippen molar-refractivity contribution in [1.29, 1.82) is 0 Å². The van der Waals surface area contributed by atoms with Crippen LogP contribution in [0.2, 0.25) is 0 Å². The molecule has 11 aromatic rings. The quantitative estimate of drug-likeness (QED) is 0.151. The van der Waals surface area contributed by atoms with E-state index >= 15 is 0 Å². The van der Waals surface area contributed by atoms with Crippen LogP contribution < -0.4 is 0 Å². The average Bonchev–Trinajstić information content (AvgIpc) is 0.701. The lowest BCUT2D eigenvalue weighted by Crippen LogP contribution is -2.27. The molecule has 3 aliphatic rings. The van der Waals surface area contributed by atoms with E-state index in [-0.39, 0.29) is 22.3 Å². The standard InChI is InChI=1S/C62H40N6/c1-5-15-41(16-6-1)57-63-58(42-17-7-2-8-18-42)66-61(65-57)45-29-25-39(26-30-45)47-33-35-51-53(37-47)55-49-23-13-14-24-50(49)56(51)54-38-48(34-36-52(54)55)40-27-31-46(32-28-40)62-67-59(43-19-9-3-10-20-43)64-60(68-62)44-21-11-4-12-22-44/h1-38,55-56H/i1D,2D,3D,4D,5D,6D,7D,8D,9D,10D,11D,12D,15D,16D,17D,18D,19D,20D,21D,22D,25D,26D,27D,28D,29D,30D,31D,32D. The minimum atomic E-state index is -0.796. The molecule has 0 N–H and O–H groups in total. The zero-order valence-electron chi connectivity index (χ0n) is 62.6. The van der Waals surface area contributed by atoms with Gasteiger partial charge < -0.3 is 0 Å². The predicted octanol–water partition coefficient (Wildman–Crippen LogP) is 14.4. The highest BCUT2D eigenvalue weighted by Crippen LogP contribution is 2.56. The van der Waals surface area contributed by atoms with Gasteiger partial charge in [-0.15, -0.1) is 0 Å². The van der Waals surface area contributed by atoms with Gasteiger partial charge >= 0.3 is 0 Å². The van der Waals surface area contributed by atoms with Crippen LogP contribution in [0.1, 0.15) is 83.6 Å². The maximum atomic E-state index is 9.51. The van der Waals surface area contributed by atoms with Gasteiger partial charge in [0.05, 0.1) is 38.4 Å². The number of nitrogens with zero attached hydrogens (tertiary/aromatic N) is 6. The molecule has 0 fully saturated rings. The minimum absolute atomic E-state index is 0.174. The maximum Gasteiger partial charge on any atom is 0.164 e. The van der Waals surface area contributed by atoms with Crippen LogP contribution >= 0.6 is 0 Å². The van der Waals surface area contributed by atoms with Crippen molar-refractivity contribution in [3.8, 4) is 90.6 Å². The number of hydrogen-bond acceptors (Lipinski definition) is 6. The summed E-state index contributed by atoms with van der Waals surface area (Å²) in [5.74, 6) is -5.12. The molecular weight excluding hydrogens is 829 g/mol. The van der Waals surface area contributed by atoms with Gasteiger partial charge in [0, 0.05) is 45.2 Å². The van der Waals surface area contributed by atoms with Crippen LogP contribution in [0.15, 0.2) is 230 Å². The summed E-state index contributed by atoms with van der Waals surface area (Å²) in [5, 5.41) is 0. The molecule has 2 aromatic heterocycles. The van der Waals surface area contributed by atoms with Crippen molar-refractivity contribution in [2.45, 2.75) is 11.8 Å². The van der Waals surface area contributed by atoms with Gasteiger partial charge in [-0.3, -0.25) is 0 Å². The fourth-order valence-electron chi connectivity index (χ4n) is 8.54. The zero-order chi connectivity index (χ0) is 69.3. The Morgan fingerprint density at radius 3 is 0.779 bits per heavy atom. The van der Waals surface area contributed by atoms with E-state index in [1.54, 1.807) is 36.4 Å². The molecule has 0 amide bonds. The third kappa shape index (κ3) is 6.98. The summed E-state index contributed by atoms with van der Waals surface area (Å²) in [4.78, 5) is 25.9. The SMILES string of the molecule is [2H]c1c([2H])c([2H])c(-c2nc(-c3c([2H])c([2H])c([2H])c([2H])c3[2H])nc(-c3c([2H])c([2H])c(-c4ccc5c(c4)C4c6ccccc6C5c5cc(-c6c([2H])c([2H])c(-c7nc(-c8c([2H])c([2H])c([2H])c([2H])c8[2H])nc(-c8c([2H])c([2H])c([2H])c([2H])c8[2H])n7)c([2H])c6[2H])ccc54)c([2H])c3[2H])n2)c([2H])c1[2H]. The van der Waals surface area contributed by atoms with E-state index in [0.29, 0.717) is 11.1 Å². The summed E-state index contributed by atoms with van der Waals surface area (Å²) in [6, 6.07) is -3.21. The first-order valence-electron chi connectivity index (χ1n) is 34.7. The molecule has 6 nitrogen and oxygen atoms in total. The van der Waals surface area contributed by atoms with Crippen LogP contribution in [-0.4, -0.2) is 29.9 Å². The highest BCUT2D eigenvalue weighted by molar-refractivity contribution is 5.78. The highest BCUT2D eigenvalue weighted by atomic mass is 15.0. The van der Waals surface area contributed by atoms with Gasteiger partial charge in [0.1, 0.15) is 0 Å². The topological polar surface area (TPSA) is 77.3 Å². The molecule has 0 saturated carbocycles. The largest absolute Gasteiger partial charge is 0.208 e. The van der Waals surface area contributed by atoms with E-state index in [0.717, 1.165) is 22.3 Å². The van der Waals surface area contributed by atoms with Crippen LogP contribution in [0, 0.1) is 0 Å². The van der Waals surface area contributed by atoms with E-state index in [9.17, 15) is 11.0 Å². The molecule has 6 heteroatoms. The second kappa shape index (κ2) is 16.5. The summed E-state index contributed by atoms with van der Waals surface area (Å²) < 4.78 is 245. The number of hydrogen-bond donors (Lipinski definition) is 0. The second-order valence-corrected chi connectivity index (χ2v) is 15.3. The molecule has 0 aliphatic heterocycles. The van der Waals surface area contributed by atoms with E-state index in [2.05, 4.69) is 29.9 Å². The lowest BCUT2D eigenvalue weighted by molar-refractivity contribution is 0.755. The number of aromatic nitrogens is 6. The van der Waals surface area contributed by atoms with Gasteiger partial charge in [0.25, 0.3) is 0 Å². The molecule has 0 saturated heterocycles. The molecule has 9 aromatic carbocycles. The molecule has 2 atom stereocenters. The Hall–Kier alpha value is -9.00. The summed E-state index contributed by atoms with van der Waals surface area (Å²) >= 11 is 0. The van der Waals surface area contributed by atoms with Gasteiger partial charge in [-0.2, -0.15) is 0 Å². The molecule has 68 heavy (non-hydrogen) atoms. The van der Waals surface area contributed by atoms with Crippen molar-refractivity contribution in [3.63, 3.8) is 0 Å². The fourth-order valence-corrected chi connectivity index (χ4v) is 8.54. The summed E-state index contributed by atoms with van der Waals surface area (Å²) in [6.45, 7) is 0. The molecule has 318 valence electrons. The van der Waals surface area contributed by atoms with E-state index in [1.807, 2.05) is 24.3 Å². The zero-order valence-corrected chi connectivity index (χ0v) is 34.6. The third-order valence-electron chi connectivity index (χ3n) is 11.5. The van der Waals surface area contributed by atoms with Gasteiger partial charge in [-0.1, -0.05) is 218 Å². The molecule has 0 radical (unpaired) electrons. The molecule has 14 rings (SSSR count). The normalized spacial score (nSPS) is 19.9. The lowest BCUT2D eigenvalue weighted by Gasteiger charge is -2.42. The molecule has 2 unspecified atom stereocenters. The summed E-state index contributed by atoms with van der Waals surface area (Å²) in [7, 11) is 0. The van der Waals surface area contributed by atoms with E-state index < -0.39 is 249 Å². The Balaban J connectivity index is 0.930. The van der Waals surface area contributed by atoms with E-state index in [1.165, 1.54) is 0 Å². The van der Waals surface area contributed by atoms with Gasteiger partial charge in [0.2, 0.25) is 0 Å². The van der Waals surface area contributed by atoms with E-state index in [4.69, 9.17) is 27.4 Å². The monoisotopic (exact) mass is 897 g/mol. The first-order valence-corrected chi connectivity index (χ1v) is 20.7. The first-order chi connectivity index (χ1) is 45.3. The predicted molar refractivity (Wildman–Crippen MR) is 271 cm³/mol. The highest BCUT2D eigenvalue weighted by Gasteiger charge is 2.41. The fraction of sp³-hybridized carbons (Fsp3) is 0.0323. The number of benzene rings is 9. The summed E-state index contributed by atoms with van der Waals surface area (Å²) in [5.41, 5.74) is 1.24. The molecule has 0 spiro atoms. The minimum Gasteiger partial charge on any atom is -0.208 e. The molecular formula is C62H40N6. The molecule has 2 bridgehead atoms. The Kier molecular flexibility index (Phi) is 4.90. The Labute approximate surface area is 433 Å². The molecule has 3 aliphatic carbocycles. The van der Waals surface area contributed by atoms with Crippen LogP contribution in [0.3, 0.4) is 0 Å². The average molecular weight is 897 g/mol. The van der Waals surface area contributed by atoms with Crippen molar-refractivity contribution in [2.75, 3.05) is 0 Å². The van der Waals surface area contributed by atoms with Crippen LogP contribution in [0.4, 0.5) is 0 Å². The Morgan fingerprint density at radius 1 is 0.235 bits per heavy atom. The molecule has 2 heterocycles. The van der Waals surface area contributed by atoms with Gasteiger partial charge in [-0.25, -0.2) is 29.9 Å². The van der Waals surface area contributed by atoms with Crippen molar-refractivity contribution in [3.05, 3.63) is 263 Å². The van der Waals surface area contributed by atoms with Crippen molar-refractivity contribution < 1.29 is 38.4 Å². The van der Waals surface area contributed by atoms with Crippen LogP contribution in [0.25, 0.3) is 90.6 Å². The smallest absolute Gasteiger partial charge is 0.164 e. The lowest BCUT2D eigenvalue weighted by atomic mass is 9.60. The van der Waals surface area contributed by atoms with Crippen molar-refractivity contribution >= 4 is 0 Å². The van der Waals surface area contributed by atoms with Gasteiger partial charge in [-0.05, 0) is 67.8 Å². The van der Waals surface area contributed by atoms with Crippen molar-refractivity contribution in [2.24, 2.45) is 0 Å². The van der Waals surface area contributed by atoms with Crippen LogP contribution in [0.5, 0.6) is 0 Å². The summed E-state index contributed by atoms with van der Waals surface area (Å²) in [6.07, 6.45) is 0. The van der Waals surface area contributed by atoms with Crippen molar-refractivity contribution in [1.82, 2.24) is 29.9 Å². The number of rotatable bonds is 8. The Bertz CT molecular complexity index is 4710. The van der Waals surface area contributed by atoms with Crippen LogP contribution in [-0.2, 0) is 0 Å². The first kappa shape index (κ1) is 20.3. The second-order valence-electron chi connectivity index (χ2n) is 15.3. The van der Waals surface area contributed by atoms with Gasteiger partial charge in [0.15, 0.2) is 34.9 Å².